The fraction of sp³-hybridized carbons (Fsp3) is 0.625. The molecule has 1 saturated carbocycles. The molecule has 1 aromatic rings. The van der Waals surface area contributed by atoms with Gasteiger partial charge in [-0.2, -0.15) is 0 Å². The predicted octanol–water partition coefficient (Wildman–Crippen LogP) is 1.35. The first kappa shape index (κ1) is 13.9. The summed E-state index contributed by atoms with van der Waals surface area (Å²) in [7, 11) is 1.63. The molecule has 20 heavy (non-hydrogen) atoms. The third kappa shape index (κ3) is 2.03. The molecule has 1 heterocycles. The molecule has 1 aromatic carbocycles. The average molecular weight is 277 g/mol. The number of aliphatic hydroxyl groups is 1. The normalized spacial score (nSPS) is 28.4. The maximum Gasteiger partial charge on any atom is 0.122 e. The minimum atomic E-state index is -0.899. The van der Waals surface area contributed by atoms with Crippen molar-refractivity contribution in [2.75, 3.05) is 26.9 Å². The molecule has 4 heteroatoms. The Kier molecular flexibility index (Phi) is 3.48. The quantitative estimate of drug-likeness (QED) is 0.853. The van der Waals surface area contributed by atoms with Crippen LogP contribution in [0.2, 0.25) is 0 Å². The fourth-order valence-electron chi connectivity index (χ4n) is 3.49. The Bertz CT molecular complexity index is 488. The lowest BCUT2D eigenvalue weighted by atomic mass is 9.65. The summed E-state index contributed by atoms with van der Waals surface area (Å²) in [6, 6.07) is 8.00. The van der Waals surface area contributed by atoms with E-state index in [0.29, 0.717) is 19.8 Å². The number of ether oxygens (including phenoxy) is 2. The van der Waals surface area contributed by atoms with Crippen molar-refractivity contribution in [3.8, 4) is 5.75 Å². The van der Waals surface area contributed by atoms with Gasteiger partial charge in [-0.1, -0.05) is 18.2 Å². The Morgan fingerprint density at radius 3 is 2.85 bits per heavy atom. The molecule has 3 N–H and O–H groups in total. The number of para-hydroxylation sites is 1. The van der Waals surface area contributed by atoms with Gasteiger partial charge >= 0.3 is 0 Å². The van der Waals surface area contributed by atoms with E-state index >= 15 is 0 Å². The molecule has 2 unspecified atom stereocenters. The lowest BCUT2D eigenvalue weighted by molar-refractivity contribution is -0.154. The Morgan fingerprint density at radius 1 is 1.45 bits per heavy atom. The van der Waals surface area contributed by atoms with Crippen molar-refractivity contribution in [1.29, 1.82) is 0 Å². The third-order valence-electron chi connectivity index (χ3n) is 4.93. The van der Waals surface area contributed by atoms with E-state index in [9.17, 15) is 5.11 Å². The van der Waals surface area contributed by atoms with Crippen LogP contribution in [-0.2, 0) is 11.2 Å². The molecule has 1 fully saturated rings. The minimum Gasteiger partial charge on any atom is -0.493 e. The highest BCUT2D eigenvalue weighted by Gasteiger charge is 2.59. The van der Waals surface area contributed by atoms with Gasteiger partial charge in [0, 0.05) is 13.7 Å². The number of methoxy groups -OCH3 is 1. The van der Waals surface area contributed by atoms with Crippen molar-refractivity contribution < 1.29 is 14.6 Å². The average Bonchev–Trinajstić information content (AvgIpc) is 3.31. The van der Waals surface area contributed by atoms with Crippen LogP contribution in [0.25, 0.3) is 0 Å². The van der Waals surface area contributed by atoms with E-state index in [0.717, 1.165) is 30.6 Å². The number of rotatable bonds is 5. The van der Waals surface area contributed by atoms with Gasteiger partial charge in [-0.05, 0) is 36.8 Å². The van der Waals surface area contributed by atoms with E-state index in [1.807, 2.05) is 18.2 Å². The van der Waals surface area contributed by atoms with Crippen molar-refractivity contribution in [1.82, 2.24) is 0 Å². The summed E-state index contributed by atoms with van der Waals surface area (Å²) in [6.45, 7) is 1.18. The van der Waals surface area contributed by atoms with E-state index in [1.54, 1.807) is 7.11 Å². The van der Waals surface area contributed by atoms with E-state index in [2.05, 4.69) is 6.07 Å². The van der Waals surface area contributed by atoms with Crippen LogP contribution in [0.1, 0.15) is 18.4 Å². The number of nitrogens with two attached hydrogens (primary N) is 1. The van der Waals surface area contributed by atoms with E-state index in [1.165, 1.54) is 0 Å². The number of hydrogen-bond acceptors (Lipinski definition) is 4. The zero-order chi connectivity index (χ0) is 14.2. The maximum atomic E-state index is 11.3. The van der Waals surface area contributed by atoms with Crippen LogP contribution >= 0.6 is 0 Å². The van der Waals surface area contributed by atoms with Gasteiger partial charge in [-0.25, -0.2) is 0 Å². The molecule has 0 aromatic heterocycles. The monoisotopic (exact) mass is 277 g/mol. The largest absolute Gasteiger partial charge is 0.493 e. The van der Waals surface area contributed by atoms with Gasteiger partial charge in [-0.3, -0.25) is 0 Å². The molecule has 1 aliphatic heterocycles. The zero-order valence-corrected chi connectivity index (χ0v) is 12.0. The summed E-state index contributed by atoms with van der Waals surface area (Å²) in [5.41, 5.74) is 5.85. The first-order valence-corrected chi connectivity index (χ1v) is 7.27. The summed E-state index contributed by atoms with van der Waals surface area (Å²) in [4.78, 5) is 0. The molecule has 0 radical (unpaired) electrons. The summed E-state index contributed by atoms with van der Waals surface area (Å²) >= 11 is 0. The van der Waals surface area contributed by atoms with Crippen LogP contribution in [0.5, 0.6) is 5.75 Å². The van der Waals surface area contributed by atoms with Crippen molar-refractivity contribution >= 4 is 0 Å². The summed E-state index contributed by atoms with van der Waals surface area (Å²) in [5.74, 6) is 1.19. The van der Waals surface area contributed by atoms with Gasteiger partial charge in [0.25, 0.3) is 0 Å². The van der Waals surface area contributed by atoms with Gasteiger partial charge in [-0.15, -0.1) is 0 Å². The molecule has 3 rings (SSSR count). The highest BCUT2D eigenvalue weighted by atomic mass is 16.5. The van der Waals surface area contributed by atoms with Gasteiger partial charge in [0.1, 0.15) is 11.4 Å². The van der Waals surface area contributed by atoms with Crippen LogP contribution in [-0.4, -0.2) is 37.6 Å². The molecular weight excluding hydrogens is 254 g/mol. The van der Waals surface area contributed by atoms with Crippen LogP contribution in [0.4, 0.5) is 0 Å². The third-order valence-corrected chi connectivity index (χ3v) is 4.93. The first-order valence-electron chi connectivity index (χ1n) is 7.27. The topological polar surface area (TPSA) is 64.7 Å². The molecule has 110 valence electrons. The van der Waals surface area contributed by atoms with Crippen molar-refractivity contribution in [2.45, 2.75) is 24.9 Å². The predicted molar refractivity (Wildman–Crippen MR) is 76.7 cm³/mol. The van der Waals surface area contributed by atoms with E-state index < -0.39 is 11.0 Å². The Hall–Kier alpha value is -1.10. The van der Waals surface area contributed by atoms with Crippen molar-refractivity contribution in [3.63, 3.8) is 0 Å². The SMILES string of the molecule is COCC(O)(C1CC1)C1(CN)COc2ccccc2C1. The smallest absolute Gasteiger partial charge is 0.122 e. The minimum absolute atomic E-state index is 0.278. The fourth-order valence-corrected chi connectivity index (χ4v) is 3.49. The van der Waals surface area contributed by atoms with Crippen molar-refractivity contribution in [3.05, 3.63) is 29.8 Å². The van der Waals surface area contributed by atoms with Crippen LogP contribution < -0.4 is 10.5 Å². The van der Waals surface area contributed by atoms with E-state index in [-0.39, 0.29) is 5.92 Å². The summed E-state index contributed by atoms with van der Waals surface area (Å²) < 4.78 is 11.2. The molecule has 4 nitrogen and oxygen atoms in total. The lowest BCUT2D eigenvalue weighted by Crippen LogP contribution is -2.62. The number of fused-ring (bicyclic) bond motifs is 1. The van der Waals surface area contributed by atoms with Crippen LogP contribution in [0.15, 0.2) is 24.3 Å². The molecule has 1 aliphatic carbocycles. The van der Waals surface area contributed by atoms with Gasteiger partial charge < -0.3 is 20.3 Å². The number of hydrogen-bond donors (Lipinski definition) is 2. The molecule has 2 aliphatic rings. The number of benzene rings is 1. The lowest BCUT2D eigenvalue weighted by Gasteiger charge is -2.49. The van der Waals surface area contributed by atoms with Crippen LogP contribution in [0, 0.1) is 11.3 Å². The maximum absolute atomic E-state index is 11.3. The second kappa shape index (κ2) is 5.02. The van der Waals surface area contributed by atoms with Gasteiger partial charge in [0.2, 0.25) is 0 Å². The Morgan fingerprint density at radius 2 is 2.20 bits per heavy atom. The van der Waals surface area contributed by atoms with Gasteiger partial charge in [0.05, 0.1) is 18.6 Å². The molecule has 0 bridgehead atoms. The second-order valence-corrected chi connectivity index (χ2v) is 6.19. The Labute approximate surface area is 119 Å². The highest BCUT2D eigenvalue weighted by Crippen LogP contribution is 2.52. The molecule has 2 atom stereocenters. The molecule has 0 spiro atoms. The van der Waals surface area contributed by atoms with Crippen LogP contribution in [0.3, 0.4) is 0 Å². The molecule has 0 amide bonds. The standard InChI is InChI=1S/C16H23NO3/c1-19-11-16(18,13-6-7-13)15(9-17)8-12-4-2-3-5-14(12)20-10-15/h2-5,13,18H,6-11,17H2,1H3. The molecular formula is C16H23NO3. The van der Waals surface area contributed by atoms with Crippen molar-refractivity contribution in [2.24, 2.45) is 17.1 Å². The van der Waals surface area contributed by atoms with Gasteiger partial charge in [0.15, 0.2) is 0 Å². The van der Waals surface area contributed by atoms with E-state index in [4.69, 9.17) is 15.2 Å². The Balaban J connectivity index is 1.96. The first-order chi connectivity index (χ1) is 9.65. The molecule has 0 saturated heterocycles. The zero-order valence-electron chi connectivity index (χ0n) is 12.0. The summed E-state index contributed by atoms with van der Waals surface area (Å²) in [5, 5.41) is 11.3. The second-order valence-electron chi connectivity index (χ2n) is 6.19. The summed E-state index contributed by atoms with van der Waals surface area (Å²) in [6.07, 6.45) is 2.84. The highest BCUT2D eigenvalue weighted by molar-refractivity contribution is 5.37.